The van der Waals surface area contributed by atoms with E-state index in [1.807, 2.05) is 19.1 Å². The SMILES string of the molecule is Cc1cc(F)ccc1Oc1ncccc1CNC(C)C. The normalized spacial score (nSPS) is 10.8. The summed E-state index contributed by atoms with van der Waals surface area (Å²) in [6.07, 6.45) is 1.69. The molecule has 20 heavy (non-hydrogen) atoms. The van der Waals surface area contributed by atoms with Crippen molar-refractivity contribution in [3.63, 3.8) is 0 Å². The van der Waals surface area contributed by atoms with Crippen molar-refractivity contribution >= 4 is 0 Å². The molecule has 0 aliphatic rings. The van der Waals surface area contributed by atoms with Crippen LogP contribution in [0, 0.1) is 12.7 Å². The first-order valence-electron chi connectivity index (χ1n) is 6.67. The molecule has 0 saturated carbocycles. The van der Waals surface area contributed by atoms with Gasteiger partial charge in [-0.05, 0) is 36.8 Å². The second-order valence-electron chi connectivity index (χ2n) is 5.02. The molecule has 1 aromatic carbocycles. The molecule has 0 spiro atoms. The third kappa shape index (κ3) is 3.78. The van der Waals surface area contributed by atoms with Crippen molar-refractivity contribution < 1.29 is 9.13 Å². The second kappa shape index (κ2) is 6.48. The molecule has 0 bridgehead atoms. The van der Waals surface area contributed by atoms with Gasteiger partial charge in [0.25, 0.3) is 0 Å². The van der Waals surface area contributed by atoms with E-state index >= 15 is 0 Å². The Kier molecular flexibility index (Phi) is 4.69. The molecule has 0 saturated heterocycles. The van der Waals surface area contributed by atoms with E-state index in [1.165, 1.54) is 12.1 Å². The maximum absolute atomic E-state index is 13.1. The maximum atomic E-state index is 13.1. The summed E-state index contributed by atoms with van der Waals surface area (Å²) in [4.78, 5) is 4.26. The summed E-state index contributed by atoms with van der Waals surface area (Å²) in [6, 6.07) is 8.69. The van der Waals surface area contributed by atoms with Crippen LogP contribution in [0.3, 0.4) is 0 Å². The van der Waals surface area contributed by atoms with Crippen LogP contribution in [0.1, 0.15) is 25.0 Å². The lowest BCUT2D eigenvalue weighted by Crippen LogP contribution is -2.22. The number of nitrogens with zero attached hydrogens (tertiary/aromatic N) is 1. The van der Waals surface area contributed by atoms with Crippen LogP contribution < -0.4 is 10.1 Å². The van der Waals surface area contributed by atoms with Crippen molar-refractivity contribution in [2.75, 3.05) is 0 Å². The third-order valence-corrected chi connectivity index (χ3v) is 2.89. The van der Waals surface area contributed by atoms with Crippen molar-refractivity contribution in [1.29, 1.82) is 0 Å². The van der Waals surface area contributed by atoms with Gasteiger partial charge >= 0.3 is 0 Å². The van der Waals surface area contributed by atoms with Gasteiger partial charge in [-0.3, -0.25) is 0 Å². The van der Waals surface area contributed by atoms with Gasteiger partial charge in [-0.15, -0.1) is 0 Å². The van der Waals surface area contributed by atoms with Gasteiger partial charge in [0.15, 0.2) is 0 Å². The lowest BCUT2D eigenvalue weighted by Gasteiger charge is -2.13. The molecule has 0 aliphatic carbocycles. The van der Waals surface area contributed by atoms with E-state index < -0.39 is 0 Å². The molecule has 2 aromatic rings. The molecule has 4 heteroatoms. The number of aryl methyl sites for hydroxylation is 1. The first-order chi connectivity index (χ1) is 9.56. The van der Waals surface area contributed by atoms with Crippen LogP contribution >= 0.6 is 0 Å². The fourth-order valence-electron chi connectivity index (χ4n) is 1.80. The zero-order valence-corrected chi connectivity index (χ0v) is 12.0. The number of pyridine rings is 1. The number of aromatic nitrogens is 1. The minimum atomic E-state index is -0.266. The van der Waals surface area contributed by atoms with Gasteiger partial charge in [0.1, 0.15) is 11.6 Å². The van der Waals surface area contributed by atoms with E-state index in [0.29, 0.717) is 24.2 Å². The van der Waals surface area contributed by atoms with Gasteiger partial charge in [-0.25, -0.2) is 9.37 Å². The maximum Gasteiger partial charge on any atom is 0.223 e. The monoisotopic (exact) mass is 274 g/mol. The van der Waals surface area contributed by atoms with E-state index in [4.69, 9.17) is 4.74 Å². The molecule has 0 atom stereocenters. The predicted octanol–water partition coefficient (Wildman–Crippen LogP) is 3.82. The predicted molar refractivity (Wildman–Crippen MR) is 77.4 cm³/mol. The summed E-state index contributed by atoms with van der Waals surface area (Å²) >= 11 is 0. The number of halogens is 1. The largest absolute Gasteiger partial charge is 0.438 e. The highest BCUT2D eigenvalue weighted by atomic mass is 19.1. The van der Waals surface area contributed by atoms with Crippen LogP contribution in [0.4, 0.5) is 4.39 Å². The molecule has 2 rings (SSSR count). The molecule has 106 valence electrons. The fraction of sp³-hybridized carbons (Fsp3) is 0.312. The Morgan fingerprint density at radius 2 is 2.10 bits per heavy atom. The van der Waals surface area contributed by atoms with Crippen molar-refractivity contribution in [1.82, 2.24) is 10.3 Å². The Morgan fingerprint density at radius 3 is 2.80 bits per heavy atom. The molecule has 0 radical (unpaired) electrons. The fourth-order valence-corrected chi connectivity index (χ4v) is 1.80. The highest BCUT2D eigenvalue weighted by molar-refractivity contribution is 5.37. The van der Waals surface area contributed by atoms with Crippen LogP contribution in [0.15, 0.2) is 36.5 Å². The molecule has 0 unspecified atom stereocenters. The van der Waals surface area contributed by atoms with Gasteiger partial charge in [0.2, 0.25) is 5.88 Å². The van der Waals surface area contributed by atoms with Crippen LogP contribution in [-0.4, -0.2) is 11.0 Å². The highest BCUT2D eigenvalue weighted by Gasteiger charge is 2.08. The average molecular weight is 274 g/mol. The minimum absolute atomic E-state index is 0.266. The summed E-state index contributed by atoms with van der Waals surface area (Å²) in [7, 11) is 0. The van der Waals surface area contributed by atoms with E-state index in [9.17, 15) is 4.39 Å². The van der Waals surface area contributed by atoms with Crippen LogP contribution in [0.2, 0.25) is 0 Å². The van der Waals surface area contributed by atoms with E-state index in [0.717, 1.165) is 11.1 Å². The third-order valence-electron chi connectivity index (χ3n) is 2.89. The summed E-state index contributed by atoms with van der Waals surface area (Å²) in [5.41, 5.74) is 1.73. The van der Waals surface area contributed by atoms with Crippen LogP contribution in [0.25, 0.3) is 0 Å². The van der Waals surface area contributed by atoms with Crippen molar-refractivity contribution in [2.45, 2.75) is 33.4 Å². The molecule has 1 N–H and O–H groups in total. The smallest absolute Gasteiger partial charge is 0.223 e. The Hall–Kier alpha value is -1.94. The molecule has 0 amide bonds. The number of rotatable bonds is 5. The standard InChI is InChI=1S/C16H19FN2O/c1-11(2)19-10-13-5-4-8-18-16(13)20-15-7-6-14(17)9-12(15)3/h4-9,11,19H,10H2,1-3H3. The lowest BCUT2D eigenvalue weighted by atomic mass is 10.2. The van der Waals surface area contributed by atoms with Crippen molar-refractivity contribution in [3.05, 3.63) is 53.5 Å². The highest BCUT2D eigenvalue weighted by Crippen LogP contribution is 2.26. The molecule has 0 fully saturated rings. The van der Waals surface area contributed by atoms with Gasteiger partial charge in [-0.2, -0.15) is 0 Å². The zero-order chi connectivity index (χ0) is 14.5. The molecule has 1 aromatic heterocycles. The van der Waals surface area contributed by atoms with Gasteiger partial charge in [0, 0.05) is 24.3 Å². The molecule has 3 nitrogen and oxygen atoms in total. The average Bonchev–Trinajstić information content (AvgIpc) is 2.41. The van der Waals surface area contributed by atoms with Crippen molar-refractivity contribution in [2.24, 2.45) is 0 Å². The van der Waals surface area contributed by atoms with E-state index in [-0.39, 0.29) is 5.82 Å². The Bertz CT molecular complexity index is 584. The van der Waals surface area contributed by atoms with Crippen LogP contribution in [0.5, 0.6) is 11.6 Å². The minimum Gasteiger partial charge on any atom is -0.438 e. The molecule has 1 heterocycles. The Labute approximate surface area is 118 Å². The molecule has 0 aliphatic heterocycles. The van der Waals surface area contributed by atoms with Crippen LogP contribution in [-0.2, 0) is 6.54 Å². The second-order valence-corrected chi connectivity index (χ2v) is 5.02. The zero-order valence-electron chi connectivity index (χ0n) is 12.0. The summed E-state index contributed by atoms with van der Waals surface area (Å²) in [5, 5.41) is 3.33. The number of hydrogen-bond donors (Lipinski definition) is 1. The number of hydrogen-bond acceptors (Lipinski definition) is 3. The first-order valence-corrected chi connectivity index (χ1v) is 6.67. The van der Waals surface area contributed by atoms with Gasteiger partial charge in [-0.1, -0.05) is 19.9 Å². The summed E-state index contributed by atoms with van der Waals surface area (Å²) < 4.78 is 18.9. The number of ether oxygens (including phenoxy) is 1. The molecular weight excluding hydrogens is 255 g/mol. The Morgan fingerprint density at radius 1 is 1.30 bits per heavy atom. The summed E-state index contributed by atoms with van der Waals surface area (Å²) in [5.74, 6) is 0.906. The van der Waals surface area contributed by atoms with Gasteiger partial charge in [0.05, 0.1) is 0 Å². The Balaban J connectivity index is 2.20. The quantitative estimate of drug-likeness (QED) is 0.900. The van der Waals surface area contributed by atoms with Gasteiger partial charge < -0.3 is 10.1 Å². The topological polar surface area (TPSA) is 34.1 Å². The number of benzene rings is 1. The number of nitrogens with one attached hydrogen (secondary N) is 1. The first kappa shape index (κ1) is 14.5. The lowest BCUT2D eigenvalue weighted by molar-refractivity contribution is 0.445. The van der Waals surface area contributed by atoms with E-state index in [1.54, 1.807) is 12.3 Å². The van der Waals surface area contributed by atoms with E-state index in [2.05, 4.69) is 24.1 Å². The summed E-state index contributed by atoms with van der Waals surface area (Å²) in [6.45, 7) is 6.66. The van der Waals surface area contributed by atoms with Crippen molar-refractivity contribution in [3.8, 4) is 11.6 Å². The molecular formula is C16H19FN2O.